The van der Waals surface area contributed by atoms with E-state index in [1.54, 1.807) is 18.0 Å². The van der Waals surface area contributed by atoms with Crippen LogP contribution in [0.4, 0.5) is 0 Å². The standard InChI is InChI=1S/C9H12ClN5S/c1-15(2)3-4-16-8-6-5-11-14-7(6)12-9(10)13-8/h5H,3-4H2,1-2H3,(H,11,12,13,14). The third-order valence-electron chi connectivity index (χ3n) is 2.02. The molecule has 0 unspecified atom stereocenters. The molecule has 0 aliphatic rings. The number of nitrogens with one attached hydrogen (secondary N) is 1. The Morgan fingerprint density at radius 3 is 3.00 bits per heavy atom. The molecule has 0 aromatic carbocycles. The molecule has 0 saturated carbocycles. The van der Waals surface area contributed by atoms with Crippen molar-refractivity contribution < 1.29 is 0 Å². The minimum Gasteiger partial charge on any atom is -0.309 e. The maximum absolute atomic E-state index is 5.83. The van der Waals surface area contributed by atoms with Crippen molar-refractivity contribution >= 4 is 34.4 Å². The van der Waals surface area contributed by atoms with Gasteiger partial charge in [-0.2, -0.15) is 10.1 Å². The second-order valence-electron chi connectivity index (χ2n) is 3.58. The van der Waals surface area contributed by atoms with Gasteiger partial charge in [0.25, 0.3) is 0 Å². The van der Waals surface area contributed by atoms with Gasteiger partial charge >= 0.3 is 0 Å². The van der Waals surface area contributed by atoms with E-state index in [9.17, 15) is 0 Å². The van der Waals surface area contributed by atoms with E-state index in [4.69, 9.17) is 11.6 Å². The maximum Gasteiger partial charge on any atom is 0.225 e. The van der Waals surface area contributed by atoms with Crippen molar-refractivity contribution in [1.29, 1.82) is 0 Å². The van der Waals surface area contributed by atoms with Crippen molar-refractivity contribution in [2.45, 2.75) is 5.03 Å². The fraction of sp³-hybridized carbons (Fsp3) is 0.444. The Morgan fingerprint density at radius 1 is 1.44 bits per heavy atom. The molecule has 86 valence electrons. The highest BCUT2D eigenvalue weighted by atomic mass is 35.5. The summed E-state index contributed by atoms with van der Waals surface area (Å²) < 4.78 is 0. The van der Waals surface area contributed by atoms with Crippen molar-refractivity contribution in [3.8, 4) is 0 Å². The number of halogens is 1. The Kier molecular flexibility index (Phi) is 3.63. The van der Waals surface area contributed by atoms with Crippen LogP contribution in [-0.4, -0.2) is 51.5 Å². The number of hydrogen-bond acceptors (Lipinski definition) is 5. The molecule has 0 fully saturated rings. The van der Waals surface area contributed by atoms with E-state index in [0.717, 1.165) is 22.7 Å². The lowest BCUT2D eigenvalue weighted by Crippen LogP contribution is -2.14. The summed E-state index contributed by atoms with van der Waals surface area (Å²) in [6.45, 7) is 0.992. The number of aromatic amines is 1. The Hall–Kier alpha value is -0.850. The van der Waals surface area contributed by atoms with Crippen LogP contribution < -0.4 is 0 Å². The molecule has 7 heteroatoms. The summed E-state index contributed by atoms with van der Waals surface area (Å²) in [5.74, 6) is 0.959. The van der Waals surface area contributed by atoms with Crippen molar-refractivity contribution in [3.05, 3.63) is 11.5 Å². The molecule has 2 heterocycles. The van der Waals surface area contributed by atoms with Crippen molar-refractivity contribution in [3.63, 3.8) is 0 Å². The minimum atomic E-state index is 0.254. The molecule has 0 aliphatic heterocycles. The summed E-state index contributed by atoms with van der Waals surface area (Å²) in [6, 6.07) is 0. The lowest BCUT2D eigenvalue weighted by Gasteiger charge is -2.08. The number of rotatable bonds is 4. The smallest absolute Gasteiger partial charge is 0.225 e. The Bertz CT molecular complexity index is 484. The first-order valence-corrected chi connectivity index (χ1v) is 6.17. The molecular formula is C9H12ClN5S. The molecule has 0 atom stereocenters. The third kappa shape index (κ3) is 2.63. The average molecular weight is 258 g/mol. The van der Waals surface area contributed by atoms with Crippen LogP contribution >= 0.6 is 23.4 Å². The third-order valence-corrected chi connectivity index (χ3v) is 3.17. The largest absolute Gasteiger partial charge is 0.309 e. The molecular weight excluding hydrogens is 246 g/mol. The minimum absolute atomic E-state index is 0.254. The summed E-state index contributed by atoms with van der Waals surface area (Å²) in [5, 5.41) is 8.79. The molecule has 1 N–H and O–H groups in total. The van der Waals surface area contributed by atoms with Crippen LogP contribution in [0.25, 0.3) is 11.0 Å². The van der Waals surface area contributed by atoms with Gasteiger partial charge in [-0.15, -0.1) is 11.8 Å². The van der Waals surface area contributed by atoms with Gasteiger partial charge in [0, 0.05) is 12.3 Å². The van der Waals surface area contributed by atoms with Crippen LogP contribution in [0.3, 0.4) is 0 Å². The van der Waals surface area contributed by atoms with E-state index < -0.39 is 0 Å². The number of aromatic nitrogens is 4. The number of H-pyrrole nitrogens is 1. The van der Waals surface area contributed by atoms with Gasteiger partial charge in [0.05, 0.1) is 11.6 Å². The molecule has 0 radical (unpaired) electrons. The summed E-state index contributed by atoms with van der Waals surface area (Å²) in [7, 11) is 4.09. The Morgan fingerprint density at radius 2 is 2.25 bits per heavy atom. The number of thioether (sulfide) groups is 1. The molecule has 0 bridgehead atoms. The van der Waals surface area contributed by atoms with E-state index in [2.05, 4.69) is 25.1 Å². The van der Waals surface area contributed by atoms with Crippen molar-refractivity contribution in [1.82, 2.24) is 25.1 Å². The molecule has 2 rings (SSSR count). The molecule has 0 aliphatic carbocycles. The van der Waals surface area contributed by atoms with Gasteiger partial charge in [-0.25, -0.2) is 4.98 Å². The average Bonchev–Trinajstić information content (AvgIpc) is 2.64. The van der Waals surface area contributed by atoms with Gasteiger partial charge in [-0.3, -0.25) is 5.10 Å². The zero-order chi connectivity index (χ0) is 11.5. The second-order valence-corrected chi connectivity index (χ2v) is 5.00. The van der Waals surface area contributed by atoms with Crippen molar-refractivity contribution in [2.75, 3.05) is 26.4 Å². The maximum atomic E-state index is 5.83. The summed E-state index contributed by atoms with van der Waals surface area (Å²) in [6.07, 6.45) is 1.73. The highest BCUT2D eigenvalue weighted by molar-refractivity contribution is 7.99. The summed E-state index contributed by atoms with van der Waals surface area (Å²) in [4.78, 5) is 10.4. The second kappa shape index (κ2) is 4.99. The first-order valence-electron chi connectivity index (χ1n) is 4.81. The zero-order valence-corrected chi connectivity index (χ0v) is 10.6. The lowest BCUT2D eigenvalue weighted by molar-refractivity contribution is 0.437. The monoisotopic (exact) mass is 257 g/mol. The van der Waals surface area contributed by atoms with Crippen LogP contribution in [0.5, 0.6) is 0 Å². The molecule has 2 aromatic rings. The van der Waals surface area contributed by atoms with Crippen LogP contribution in [0, 0.1) is 0 Å². The van der Waals surface area contributed by atoms with E-state index in [1.165, 1.54) is 0 Å². The predicted molar refractivity (Wildman–Crippen MR) is 66.0 cm³/mol. The van der Waals surface area contributed by atoms with Crippen LogP contribution in [0.2, 0.25) is 5.28 Å². The van der Waals surface area contributed by atoms with E-state index >= 15 is 0 Å². The quantitative estimate of drug-likeness (QED) is 0.513. The topological polar surface area (TPSA) is 57.7 Å². The first-order chi connectivity index (χ1) is 7.66. The highest BCUT2D eigenvalue weighted by Gasteiger charge is 2.08. The predicted octanol–water partition coefficient (Wildman–Crippen LogP) is 1.66. The molecule has 0 saturated heterocycles. The molecule has 0 spiro atoms. The van der Waals surface area contributed by atoms with E-state index in [0.29, 0.717) is 5.65 Å². The van der Waals surface area contributed by atoms with Gasteiger partial charge in [-0.05, 0) is 25.7 Å². The molecule has 16 heavy (non-hydrogen) atoms. The SMILES string of the molecule is CN(C)CCSc1nc(Cl)nc2[nH]ncc12. The summed E-state index contributed by atoms with van der Waals surface area (Å²) >= 11 is 7.49. The zero-order valence-electron chi connectivity index (χ0n) is 9.07. The van der Waals surface area contributed by atoms with Crippen LogP contribution in [0.1, 0.15) is 0 Å². The van der Waals surface area contributed by atoms with Crippen molar-refractivity contribution in [2.24, 2.45) is 0 Å². The van der Waals surface area contributed by atoms with Crippen LogP contribution in [0.15, 0.2) is 11.2 Å². The summed E-state index contributed by atoms with van der Waals surface area (Å²) in [5.41, 5.74) is 0.687. The molecule has 0 amide bonds. The van der Waals surface area contributed by atoms with Gasteiger partial charge in [0.2, 0.25) is 5.28 Å². The van der Waals surface area contributed by atoms with Gasteiger partial charge in [0.15, 0.2) is 5.65 Å². The van der Waals surface area contributed by atoms with E-state index in [-0.39, 0.29) is 5.28 Å². The number of nitrogens with zero attached hydrogens (tertiary/aromatic N) is 4. The van der Waals surface area contributed by atoms with Gasteiger partial charge < -0.3 is 4.90 Å². The fourth-order valence-electron chi connectivity index (χ4n) is 1.22. The normalized spacial score (nSPS) is 11.5. The number of hydrogen-bond donors (Lipinski definition) is 1. The van der Waals surface area contributed by atoms with Crippen LogP contribution in [-0.2, 0) is 0 Å². The molecule has 5 nitrogen and oxygen atoms in total. The number of fused-ring (bicyclic) bond motifs is 1. The first kappa shape index (κ1) is 11.6. The Balaban J connectivity index is 2.19. The lowest BCUT2D eigenvalue weighted by atomic mass is 10.4. The van der Waals surface area contributed by atoms with Gasteiger partial charge in [-0.1, -0.05) is 0 Å². The fourth-order valence-corrected chi connectivity index (χ4v) is 2.54. The Labute approximate surface area is 103 Å². The van der Waals surface area contributed by atoms with E-state index in [1.807, 2.05) is 14.1 Å². The molecule has 2 aromatic heterocycles. The van der Waals surface area contributed by atoms with Gasteiger partial charge in [0.1, 0.15) is 5.03 Å². The highest BCUT2D eigenvalue weighted by Crippen LogP contribution is 2.24.